The van der Waals surface area contributed by atoms with Gasteiger partial charge in [0, 0.05) is 68.0 Å². The first kappa shape index (κ1) is 32.6. The second-order valence-corrected chi connectivity index (χ2v) is 13.8. The van der Waals surface area contributed by atoms with Crippen LogP contribution in [0.3, 0.4) is 0 Å². The molecule has 2 aliphatic rings. The molecule has 10 nitrogen and oxygen atoms in total. The maximum absolute atomic E-state index is 14.1. The fourth-order valence-corrected chi connectivity index (χ4v) is 6.57. The Labute approximate surface area is 289 Å². The van der Waals surface area contributed by atoms with Crippen LogP contribution in [-0.4, -0.2) is 41.1 Å². The summed E-state index contributed by atoms with van der Waals surface area (Å²) >= 11 is 0. The van der Waals surface area contributed by atoms with Gasteiger partial charge in [0.2, 0.25) is 11.8 Å². The number of imidazole rings is 1. The molecule has 6 heterocycles. The number of halogens is 1. The second kappa shape index (κ2) is 11.9. The SMILES string of the molecule is Cc1ccc(-c2ccc3c(c2)N(c2ccn(C)n2)C(=O)C3(C)C)cn1.Cn1cnc(N2C(=O)C(C)(C)c3ccc(-c4cnccc4F)cc32)c1. The van der Waals surface area contributed by atoms with Crippen LogP contribution in [0.1, 0.15) is 44.5 Å². The minimum absolute atomic E-state index is 0.0420. The number of amides is 2. The van der Waals surface area contributed by atoms with Gasteiger partial charge in [-0.3, -0.25) is 34.0 Å². The zero-order valence-electron chi connectivity index (χ0n) is 29.0. The van der Waals surface area contributed by atoms with Crippen LogP contribution in [-0.2, 0) is 34.5 Å². The minimum atomic E-state index is -0.668. The summed E-state index contributed by atoms with van der Waals surface area (Å²) in [6.07, 6.45) is 10.1. The zero-order chi connectivity index (χ0) is 35.5. The molecule has 0 spiro atoms. The van der Waals surface area contributed by atoms with E-state index in [0.29, 0.717) is 22.8 Å². The molecule has 252 valence electrons. The molecular weight excluding hydrogens is 631 g/mol. The van der Waals surface area contributed by atoms with Crippen molar-refractivity contribution in [3.05, 3.63) is 121 Å². The van der Waals surface area contributed by atoms with Crippen molar-refractivity contribution in [1.82, 2.24) is 29.3 Å². The molecule has 50 heavy (non-hydrogen) atoms. The molecule has 0 N–H and O–H groups in total. The summed E-state index contributed by atoms with van der Waals surface area (Å²) in [5, 5.41) is 4.43. The first-order valence-corrected chi connectivity index (χ1v) is 16.3. The van der Waals surface area contributed by atoms with Gasteiger partial charge in [-0.15, -0.1) is 0 Å². The van der Waals surface area contributed by atoms with Gasteiger partial charge in [-0.2, -0.15) is 5.10 Å². The third kappa shape index (κ3) is 5.35. The lowest BCUT2D eigenvalue weighted by molar-refractivity contribution is -0.122. The van der Waals surface area contributed by atoms with E-state index in [1.54, 1.807) is 31.6 Å². The number of hydrogen-bond acceptors (Lipinski definition) is 6. The number of benzene rings is 2. The van der Waals surface area contributed by atoms with Gasteiger partial charge in [0.25, 0.3) is 0 Å². The molecule has 0 aliphatic carbocycles. The van der Waals surface area contributed by atoms with E-state index in [-0.39, 0.29) is 17.6 Å². The Morgan fingerprint density at radius 3 is 1.88 bits per heavy atom. The van der Waals surface area contributed by atoms with Crippen LogP contribution in [0.5, 0.6) is 0 Å². The third-order valence-corrected chi connectivity index (χ3v) is 9.47. The molecule has 0 fully saturated rings. The van der Waals surface area contributed by atoms with Crippen LogP contribution in [0, 0.1) is 12.7 Å². The van der Waals surface area contributed by atoms with Gasteiger partial charge in [0.05, 0.1) is 28.5 Å². The van der Waals surface area contributed by atoms with Crippen molar-refractivity contribution in [3.63, 3.8) is 0 Å². The highest BCUT2D eigenvalue weighted by molar-refractivity contribution is 6.13. The molecule has 0 unspecified atom stereocenters. The van der Waals surface area contributed by atoms with E-state index in [4.69, 9.17) is 0 Å². The molecule has 0 saturated heterocycles. The van der Waals surface area contributed by atoms with Gasteiger partial charge < -0.3 is 4.57 Å². The van der Waals surface area contributed by atoms with Gasteiger partial charge in [-0.05, 0) is 81.1 Å². The van der Waals surface area contributed by atoms with Crippen LogP contribution >= 0.6 is 0 Å². The van der Waals surface area contributed by atoms with Gasteiger partial charge in [-0.1, -0.05) is 30.3 Å². The number of aryl methyl sites for hydroxylation is 3. The topological polar surface area (TPSA) is 102 Å². The maximum atomic E-state index is 14.1. The van der Waals surface area contributed by atoms with E-state index in [9.17, 15) is 14.0 Å². The fraction of sp³-hybridized carbons (Fsp3) is 0.231. The monoisotopic (exact) mass is 668 g/mol. The standard InChI is InChI=1S/C20H20N4O.C19H17FN4O/c1-13-5-6-15(12-21-13)14-7-8-16-17(11-14)24(19(25)20(16,2)3)18-9-10-23(4)22-18;1-19(2)14-5-4-12(13-9-21-7-6-15(13)20)8-16(14)24(18(19)25)17-10-23(3)11-22-17/h5-12H,1-4H3;4-11H,1-3H3. The van der Waals surface area contributed by atoms with E-state index in [1.807, 2.05) is 97.5 Å². The first-order chi connectivity index (χ1) is 23.8. The Hall–Kier alpha value is -5.97. The maximum Gasteiger partial charge on any atom is 0.242 e. The van der Waals surface area contributed by atoms with Gasteiger partial charge in [0.15, 0.2) is 11.6 Å². The number of carbonyl (C=O) groups excluding carboxylic acids is 2. The van der Waals surface area contributed by atoms with Crippen LogP contribution in [0.4, 0.5) is 27.4 Å². The summed E-state index contributed by atoms with van der Waals surface area (Å²) in [5.74, 6) is 0.856. The summed E-state index contributed by atoms with van der Waals surface area (Å²) < 4.78 is 17.6. The molecule has 0 radical (unpaired) electrons. The minimum Gasteiger partial charge on any atom is -0.338 e. The molecule has 0 bridgehead atoms. The number of anilines is 4. The second-order valence-electron chi connectivity index (χ2n) is 13.8. The Balaban J connectivity index is 0.000000157. The van der Waals surface area contributed by atoms with Crippen molar-refractivity contribution in [2.45, 2.75) is 45.4 Å². The van der Waals surface area contributed by atoms with E-state index in [0.717, 1.165) is 39.3 Å². The predicted molar refractivity (Wildman–Crippen MR) is 191 cm³/mol. The van der Waals surface area contributed by atoms with Gasteiger partial charge in [0.1, 0.15) is 5.82 Å². The van der Waals surface area contributed by atoms with Gasteiger partial charge >= 0.3 is 0 Å². The van der Waals surface area contributed by atoms with Crippen molar-refractivity contribution in [2.75, 3.05) is 9.80 Å². The lowest BCUT2D eigenvalue weighted by atomic mass is 9.85. The Kier molecular flexibility index (Phi) is 7.73. The number of rotatable bonds is 4. The molecule has 6 aromatic rings. The average Bonchev–Trinajstić information content (AvgIpc) is 3.81. The van der Waals surface area contributed by atoms with Crippen LogP contribution in [0.15, 0.2) is 98.0 Å². The average molecular weight is 669 g/mol. The molecule has 2 amide bonds. The number of pyridine rings is 2. The molecule has 2 aromatic carbocycles. The molecule has 4 aromatic heterocycles. The summed E-state index contributed by atoms with van der Waals surface area (Å²) in [4.78, 5) is 42.1. The largest absolute Gasteiger partial charge is 0.338 e. The first-order valence-electron chi connectivity index (χ1n) is 16.3. The van der Waals surface area contributed by atoms with Crippen LogP contribution < -0.4 is 9.80 Å². The number of aromatic nitrogens is 6. The van der Waals surface area contributed by atoms with E-state index in [1.165, 1.54) is 18.5 Å². The smallest absolute Gasteiger partial charge is 0.242 e. The molecule has 11 heteroatoms. The number of nitrogens with zero attached hydrogens (tertiary/aromatic N) is 8. The highest BCUT2D eigenvalue weighted by atomic mass is 19.1. The quantitative estimate of drug-likeness (QED) is 0.195. The van der Waals surface area contributed by atoms with E-state index < -0.39 is 10.8 Å². The molecular formula is C39H37FN8O2. The zero-order valence-corrected chi connectivity index (χ0v) is 29.0. The van der Waals surface area contributed by atoms with Crippen LogP contribution in [0.25, 0.3) is 22.3 Å². The van der Waals surface area contributed by atoms with Crippen molar-refractivity contribution >= 4 is 34.8 Å². The van der Waals surface area contributed by atoms with Crippen molar-refractivity contribution in [3.8, 4) is 22.3 Å². The molecule has 8 rings (SSSR count). The van der Waals surface area contributed by atoms with Crippen molar-refractivity contribution in [2.24, 2.45) is 14.1 Å². The fourth-order valence-electron chi connectivity index (χ4n) is 6.57. The van der Waals surface area contributed by atoms with Gasteiger partial charge in [-0.25, -0.2) is 9.37 Å². The number of hydrogen-bond donors (Lipinski definition) is 0. The molecule has 2 aliphatic heterocycles. The molecule has 0 atom stereocenters. The Morgan fingerprint density at radius 1 is 0.700 bits per heavy atom. The lowest BCUT2D eigenvalue weighted by Gasteiger charge is -2.18. The number of fused-ring (bicyclic) bond motifs is 2. The summed E-state index contributed by atoms with van der Waals surface area (Å²) in [7, 11) is 3.70. The highest BCUT2D eigenvalue weighted by Gasteiger charge is 2.46. The third-order valence-electron chi connectivity index (χ3n) is 9.47. The van der Waals surface area contributed by atoms with E-state index in [2.05, 4.69) is 38.2 Å². The lowest BCUT2D eigenvalue weighted by Crippen LogP contribution is -2.33. The Morgan fingerprint density at radius 2 is 1.32 bits per heavy atom. The number of carbonyl (C=O) groups is 2. The van der Waals surface area contributed by atoms with Crippen molar-refractivity contribution < 1.29 is 14.0 Å². The summed E-state index contributed by atoms with van der Waals surface area (Å²) in [6.45, 7) is 9.67. The van der Waals surface area contributed by atoms with Crippen LogP contribution in [0.2, 0.25) is 0 Å². The van der Waals surface area contributed by atoms with E-state index >= 15 is 0 Å². The normalized spacial score (nSPS) is 15.5. The summed E-state index contributed by atoms with van der Waals surface area (Å²) in [5.41, 5.74) is 6.44. The highest BCUT2D eigenvalue weighted by Crippen LogP contribution is 2.47. The molecule has 0 saturated carbocycles. The predicted octanol–water partition coefficient (Wildman–Crippen LogP) is 7.32. The van der Waals surface area contributed by atoms with Crippen molar-refractivity contribution in [1.29, 1.82) is 0 Å². The summed E-state index contributed by atoms with van der Waals surface area (Å²) in [6, 6.07) is 18.9. The Bertz CT molecular complexity index is 2290.